The first-order valence-corrected chi connectivity index (χ1v) is 8.87. The third kappa shape index (κ3) is 3.72. The molecule has 2 aromatic heterocycles. The van der Waals surface area contributed by atoms with Gasteiger partial charge in [-0.25, -0.2) is 9.97 Å². The number of hydrogen-bond donors (Lipinski definition) is 1. The molecule has 7 nitrogen and oxygen atoms in total. The molecule has 0 atom stereocenters. The van der Waals surface area contributed by atoms with Gasteiger partial charge in [-0.3, -0.25) is 15.0 Å². The van der Waals surface area contributed by atoms with Crippen LogP contribution in [-0.4, -0.2) is 50.2 Å². The smallest absolute Gasteiger partial charge is 0.232 e. The largest absolute Gasteiger partial charge is 0.480 e. The van der Waals surface area contributed by atoms with Crippen molar-refractivity contribution in [2.75, 3.05) is 20.2 Å². The normalized spacial score (nSPS) is 15.9. The van der Waals surface area contributed by atoms with Gasteiger partial charge >= 0.3 is 0 Å². The molecule has 1 aromatic carbocycles. The van der Waals surface area contributed by atoms with Gasteiger partial charge in [0.05, 0.1) is 19.0 Å². The molecule has 1 aliphatic rings. The molecule has 3 aromatic rings. The molecule has 0 unspecified atom stereocenters. The van der Waals surface area contributed by atoms with Crippen molar-refractivity contribution in [3.63, 3.8) is 0 Å². The van der Waals surface area contributed by atoms with E-state index in [1.165, 1.54) is 0 Å². The summed E-state index contributed by atoms with van der Waals surface area (Å²) in [6.45, 7) is 2.80. The zero-order chi connectivity index (χ0) is 17.8. The van der Waals surface area contributed by atoms with Crippen LogP contribution in [0.1, 0.15) is 30.3 Å². The lowest BCUT2D eigenvalue weighted by molar-refractivity contribution is 0.199. The highest BCUT2D eigenvalue weighted by Gasteiger charge is 2.24. The van der Waals surface area contributed by atoms with Crippen LogP contribution in [-0.2, 0) is 6.54 Å². The van der Waals surface area contributed by atoms with Crippen LogP contribution in [0, 0.1) is 0 Å². The number of nitrogens with zero attached hydrogens (tertiary/aromatic N) is 5. The Morgan fingerprint density at radius 1 is 1.12 bits per heavy atom. The number of likely N-dealkylation sites (tertiary alicyclic amines) is 1. The van der Waals surface area contributed by atoms with Crippen molar-refractivity contribution in [3.8, 4) is 17.3 Å². The topological polar surface area (TPSA) is 79.8 Å². The molecule has 1 N–H and O–H groups in total. The van der Waals surface area contributed by atoms with Gasteiger partial charge < -0.3 is 4.74 Å². The summed E-state index contributed by atoms with van der Waals surface area (Å²) in [5.41, 5.74) is 1.98. The van der Waals surface area contributed by atoms with E-state index in [-0.39, 0.29) is 0 Å². The SMILES string of the molecule is COc1cncc(CN2CCC(c3nc(-c4ccccc4)n[nH]3)CC2)n1. The van der Waals surface area contributed by atoms with Crippen molar-refractivity contribution in [1.29, 1.82) is 0 Å². The molecule has 1 fully saturated rings. The van der Waals surface area contributed by atoms with Crippen molar-refractivity contribution >= 4 is 0 Å². The molecular formula is C19H22N6O. The van der Waals surface area contributed by atoms with Crippen LogP contribution in [0.2, 0.25) is 0 Å². The Morgan fingerprint density at radius 3 is 2.69 bits per heavy atom. The molecule has 3 heterocycles. The van der Waals surface area contributed by atoms with E-state index in [4.69, 9.17) is 9.72 Å². The van der Waals surface area contributed by atoms with Crippen LogP contribution < -0.4 is 4.74 Å². The fourth-order valence-electron chi connectivity index (χ4n) is 3.33. The second-order valence-corrected chi connectivity index (χ2v) is 6.51. The first kappa shape index (κ1) is 16.7. The van der Waals surface area contributed by atoms with E-state index in [0.29, 0.717) is 11.8 Å². The summed E-state index contributed by atoms with van der Waals surface area (Å²) >= 11 is 0. The van der Waals surface area contributed by atoms with Gasteiger partial charge in [0.2, 0.25) is 5.88 Å². The summed E-state index contributed by atoms with van der Waals surface area (Å²) in [5, 5.41) is 7.52. The summed E-state index contributed by atoms with van der Waals surface area (Å²) in [7, 11) is 1.61. The van der Waals surface area contributed by atoms with Crippen molar-refractivity contribution in [2.24, 2.45) is 0 Å². The number of rotatable bonds is 5. The predicted molar refractivity (Wildman–Crippen MR) is 97.7 cm³/mol. The van der Waals surface area contributed by atoms with E-state index >= 15 is 0 Å². The molecule has 134 valence electrons. The molecule has 0 saturated carbocycles. The summed E-state index contributed by atoms with van der Waals surface area (Å²) in [4.78, 5) is 15.7. The zero-order valence-corrected chi connectivity index (χ0v) is 14.8. The van der Waals surface area contributed by atoms with Crippen LogP contribution in [0.3, 0.4) is 0 Å². The highest BCUT2D eigenvalue weighted by Crippen LogP contribution is 2.27. The molecule has 1 aliphatic heterocycles. The Hall–Kier alpha value is -2.80. The minimum atomic E-state index is 0.424. The molecule has 7 heteroatoms. The average Bonchev–Trinajstić information content (AvgIpc) is 3.20. The highest BCUT2D eigenvalue weighted by atomic mass is 16.5. The Kier molecular flexibility index (Phi) is 4.88. The standard InChI is InChI=1S/C19H22N6O/c1-26-17-12-20-11-16(21-17)13-25-9-7-15(8-10-25)19-22-18(23-24-19)14-5-3-2-4-6-14/h2-6,11-12,15H,7-10,13H2,1H3,(H,22,23,24). The molecule has 26 heavy (non-hydrogen) atoms. The molecule has 1 saturated heterocycles. The predicted octanol–water partition coefficient (Wildman–Crippen LogP) is 2.65. The third-order valence-corrected chi connectivity index (χ3v) is 4.77. The molecule has 4 rings (SSSR count). The van der Waals surface area contributed by atoms with Crippen molar-refractivity contribution < 1.29 is 4.74 Å². The summed E-state index contributed by atoms with van der Waals surface area (Å²) < 4.78 is 5.15. The lowest BCUT2D eigenvalue weighted by atomic mass is 9.96. The van der Waals surface area contributed by atoms with Gasteiger partial charge in [0.25, 0.3) is 0 Å². The molecule has 0 bridgehead atoms. The lowest BCUT2D eigenvalue weighted by Crippen LogP contribution is -2.33. The van der Waals surface area contributed by atoms with Crippen LogP contribution in [0.15, 0.2) is 42.7 Å². The Morgan fingerprint density at radius 2 is 1.92 bits per heavy atom. The van der Waals surface area contributed by atoms with Gasteiger partial charge in [0.1, 0.15) is 5.82 Å². The van der Waals surface area contributed by atoms with Crippen LogP contribution in [0.5, 0.6) is 5.88 Å². The van der Waals surface area contributed by atoms with E-state index < -0.39 is 0 Å². The highest BCUT2D eigenvalue weighted by molar-refractivity contribution is 5.53. The molecule has 0 spiro atoms. The molecule has 0 radical (unpaired) electrons. The van der Waals surface area contributed by atoms with Crippen LogP contribution in [0.4, 0.5) is 0 Å². The monoisotopic (exact) mass is 350 g/mol. The fraction of sp³-hybridized carbons (Fsp3) is 0.368. The summed E-state index contributed by atoms with van der Waals surface area (Å²) in [5.74, 6) is 2.75. The number of benzene rings is 1. The van der Waals surface area contributed by atoms with Crippen molar-refractivity contribution in [2.45, 2.75) is 25.3 Å². The average molecular weight is 350 g/mol. The van der Waals surface area contributed by atoms with Gasteiger partial charge in [-0.1, -0.05) is 30.3 Å². The number of H-pyrrole nitrogens is 1. The summed E-state index contributed by atoms with van der Waals surface area (Å²) in [6.07, 6.45) is 5.54. The number of nitrogens with one attached hydrogen (secondary N) is 1. The van der Waals surface area contributed by atoms with Gasteiger partial charge in [-0.05, 0) is 25.9 Å². The molecule has 0 amide bonds. The minimum Gasteiger partial charge on any atom is -0.480 e. The van der Waals surface area contributed by atoms with Gasteiger partial charge in [-0.2, -0.15) is 5.10 Å². The Balaban J connectivity index is 1.36. The maximum Gasteiger partial charge on any atom is 0.232 e. The van der Waals surface area contributed by atoms with E-state index in [2.05, 4.69) is 25.1 Å². The quantitative estimate of drug-likeness (QED) is 0.762. The number of aromatic amines is 1. The Bertz CT molecular complexity index is 842. The van der Waals surface area contributed by atoms with Crippen LogP contribution >= 0.6 is 0 Å². The lowest BCUT2D eigenvalue weighted by Gasteiger charge is -2.30. The fourth-order valence-corrected chi connectivity index (χ4v) is 3.33. The number of piperidine rings is 1. The van der Waals surface area contributed by atoms with E-state index in [9.17, 15) is 0 Å². The van der Waals surface area contributed by atoms with Crippen molar-refractivity contribution in [1.82, 2.24) is 30.0 Å². The van der Waals surface area contributed by atoms with E-state index in [0.717, 1.165) is 55.4 Å². The van der Waals surface area contributed by atoms with E-state index in [1.807, 2.05) is 30.3 Å². The maximum absolute atomic E-state index is 5.15. The van der Waals surface area contributed by atoms with Crippen molar-refractivity contribution in [3.05, 3.63) is 54.2 Å². The van der Waals surface area contributed by atoms with E-state index in [1.54, 1.807) is 19.5 Å². The second kappa shape index (κ2) is 7.61. The number of hydrogen-bond acceptors (Lipinski definition) is 6. The zero-order valence-electron chi connectivity index (χ0n) is 14.8. The Labute approximate surface area is 152 Å². The molecular weight excluding hydrogens is 328 g/mol. The minimum absolute atomic E-state index is 0.424. The first-order chi connectivity index (χ1) is 12.8. The van der Waals surface area contributed by atoms with Gasteiger partial charge in [0, 0.05) is 24.2 Å². The number of ether oxygens (including phenoxy) is 1. The van der Waals surface area contributed by atoms with Gasteiger partial charge in [0.15, 0.2) is 5.82 Å². The summed E-state index contributed by atoms with van der Waals surface area (Å²) in [6, 6.07) is 10.1. The molecule has 0 aliphatic carbocycles. The number of aromatic nitrogens is 5. The number of methoxy groups -OCH3 is 1. The second-order valence-electron chi connectivity index (χ2n) is 6.51. The van der Waals surface area contributed by atoms with Gasteiger partial charge in [-0.15, -0.1) is 0 Å². The van der Waals surface area contributed by atoms with Crippen LogP contribution in [0.25, 0.3) is 11.4 Å². The third-order valence-electron chi connectivity index (χ3n) is 4.77. The first-order valence-electron chi connectivity index (χ1n) is 8.87. The maximum atomic E-state index is 5.15.